The van der Waals surface area contributed by atoms with Gasteiger partial charge in [-0.25, -0.2) is 0 Å². The van der Waals surface area contributed by atoms with Crippen LogP contribution in [0.15, 0.2) is 30.3 Å². The summed E-state index contributed by atoms with van der Waals surface area (Å²) < 4.78 is 16.0. The fourth-order valence-electron chi connectivity index (χ4n) is 2.74. The molecule has 0 spiro atoms. The molecule has 0 N–H and O–H groups in total. The number of rotatable bonds is 5. The lowest BCUT2D eigenvalue weighted by atomic mass is 10.1. The summed E-state index contributed by atoms with van der Waals surface area (Å²) >= 11 is 0. The molecule has 1 saturated heterocycles. The van der Waals surface area contributed by atoms with Crippen molar-refractivity contribution in [2.24, 2.45) is 0 Å². The fourth-order valence-corrected chi connectivity index (χ4v) is 2.74. The van der Waals surface area contributed by atoms with E-state index in [2.05, 4.69) is 9.97 Å². The summed E-state index contributed by atoms with van der Waals surface area (Å²) in [6, 6.07) is 8.72. The minimum absolute atomic E-state index is 0.0369. The monoisotopic (exact) mass is 343 g/mol. The van der Waals surface area contributed by atoms with Gasteiger partial charge in [-0.15, -0.1) is 0 Å². The second kappa shape index (κ2) is 7.83. The van der Waals surface area contributed by atoms with Gasteiger partial charge in [0.25, 0.3) is 5.91 Å². The van der Waals surface area contributed by atoms with Gasteiger partial charge in [0.15, 0.2) is 0 Å². The van der Waals surface area contributed by atoms with Crippen molar-refractivity contribution in [2.75, 3.05) is 27.3 Å². The van der Waals surface area contributed by atoms with E-state index in [4.69, 9.17) is 14.2 Å². The predicted octanol–water partition coefficient (Wildman–Crippen LogP) is 2.91. The number of hydrogen-bond acceptors (Lipinski definition) is 6. The van der Waals surface area contributed by atoms with E-state index in [0.29, 0.717) is 23.1 Å². The molecule has 1 fully saturated rings. The van der Waals surface area contributed by atoms with Crippen LogP contribution in [0.5, 0.6) is 23.5 Å². The summed E-state index contributed by atoms with van der Waals surface area (Å²) in [7, 11) is 3.00. The summed E-state index contributed by atoms with van der Waals surface area (Å²) in [5, 5.41) is 0. The van der Waals surface area contributed by atoms with E-state index in [9.17, 15) is 4.79 Å². The smallest absolute Gasteiger partial charge is 0.328 e. The predicted molar refractivity (Wildman–Crippen MR) is 91.4 cm³/mol. The highest BCUT2D eigenvalue weighted by Gasteiger charge is 2.22. The van der Waals surface area contributed by atoms with Crippen LogP contribution in [0.3, 0.4) is 0 Å². The lowest BCUT2D eigenvalue weighted by Crippen LogP contribution is -2.35. The van der Waals surface area contributed by atoms with E-state index in [1.165, 1.54) is 20.6 Å². The number of likely N-dealkylation sites (tertiary alicyclic amines) is 1. The molecule has 0 bridgehead atoms. The molecule has 2 heterocycles. The van der Waals surface area contributed by atoms with Crippen molar-refractivity contribution in [3.8, 4) is 23.5 Å². The van der Waals surface area contributed by atoms with Crippen molar-refractivity contribution in [3.05, 3.63) is 35.9 Å². The molecule has 1 aromatic heterocycles. The van der Waals surface area contributed by atoms with Crippen LogP contribution < -0.4 is 14.2 Å². The number of carbonyl (C=O) groups excluding carboxylic acids is 1. The Labute approximate surface area is 146 Å². The molecule has 0 aliphatic carbocycles. The third kappa shape index (κ3) is 3.99. The zero-order chi connectivity index (χ0) is 17.6. The number of nitrogens with zero attached hydrogens (tertiary/aromatic N) is 3. The lowest BCUT2D eigenvalue weighted by Gasteiger charge is -2.27. The molecule has 3 rings (SSSR count). The molecule has 1 aliphatic rings. The normalized spacial score (nSPS) is 14.1. The highest BCUT2D eigenvalue weighted by Crippen LogP contribution is 2.27. The zero-order valence-corrected chi connectivity index (χ0v) is 14.4. The Morgan fingerprint density at radius 1 is 1.00 bits per heavy atom. The first-order valence-corrected chi connectivity index (χ1v) is 8.24. The van der Waals surface area contributed by atoms with Gasteiger partial charge in [-0.05, 0) is 31.4 Å². The van der Waals surface area contributed by atoms with Gasteiger partial charge in [0.05, 0.1) is 25.8 Å². The van der Waals surface area contributed by atoms with Gasteiger partial charge in [0.1, 0.15) is 5.75 Å². The number of piperidine rings is 1. The van der Waals surface area contributed by atoms with Gasteiger partial charge in [-0.3, -0.25) is 4.79 Å². The quantitative estimate of drug-likeness (QED) is 0.831. The van der Waals surface area contributed by atoms with Gasteiger partial charge >= 0.3 is 6.01 Å². The van der Waals surface area contributed by atoms with E-state index < -0.39 is 0 Å². The van der Waals surface area contributed by atoms with E-state index in [-0.39, 0.29) is 11.9 Å². The zero-order valence-electron chi connectivity index (χ0n) is 14.4. The summed E-state index contributed by atoms with van der Waals surface area (Å²) in [5.74, 6) is 1.02. The first-order chi connectivity index (χ1) is 12.2. The average Bonchev–Trinajstić information content (AvgIpc) is 2.68. The number of carbonyl (C=O) groups is 1. The summed E-state index contributed by atoms with van der Waals surface area (Å²) in [5.41, 5.74) is 0.495. The molecule has 1 aromatic carbocycles. The molecule has 25 heavy (non-hydrogen) atoms. The lowest BCUT2D eigenvalue weighted by molar-refractivity contribution is 0.0721. The number of para-hydroxylation sites is 1. The fraction of sp³-hybridized carbons (Fsp3) is 0.389. The first-order valence-electron chi connectivity index (χ1n) is 8.24. The molecule has 132 valence electrons. The van der Waals surface area contributed by atoms with Crippen LogP contribution in [0, 0.1) is 0 Å². The molecule has 7 nitrogen and oxygen atoms in total. The Hall–Kier alpha value is -2.83. The molecule has 0 saturated carbocycles. The van der Waals surface area contributed by atoms with Crippen LogP contribution in [-0.2, 0) is 0 Å². The number of hydrogen-bond donors (Lipinski definition) is 0. The maximum Gasteiger partial charge on any atom is 0.328 e. The van der Waals surface area contributed by atoms with Crippen LogP contribution in [0.1, 0.15) is 29.6 Å². The SMILES string of the molecule is COc1cc(OC)nc(Oc2ccccc2C(=O)N2CCCCC2)n1. The van der Waals surface area contributed by atoms with Gasteiger partial charge < -0.3 is 19.1 Å². The van der Waals surface area contributed by atoms with Crippen molar-refractivity contribution in [2.45, 2.75) is 19.3 Å². The van der Waals surface area contributed by atoms with Crippen LogP contribution >= 0.6 is 0 Å². The molecule has 0 unspecified atom stereocenters. The third-order valence-corrected chi connectivity index (χ3v) is 4.04. The summed E-state index contributed by atoms with van der Waals surface area (Å²) in [6.45, 7) is 1.55. The summed E-state index contributed by atoms with van der Waals surface area (Å²) in [4.78, 5) is 23.0. The van der Waals surface area contributed by atoms with Crippen LogP contribution in [0.2, 0.25) is 0 Å². The number of aromatic nitrogens is 2. The maximum atomic E-state index is 12.8. The largest absolute Gasteiger partial charge is 0.481 e. The topological polar surface area (TPSA) is 73.8 Å². The molecular weight excluding hydrogens is 322 g/mol. The van der Waals surface area contributed by atoms with Gasteiger partial charge in [0.2, 0.25) is 11.8 Å². The van der Waals surface area contributed by atoms with Crippen molar-refractivity contribution in [1.29, 1.82) is 0 Å². The van der Waals surface area contributed by atoms with E-state index in [1.54, 1.807) is 24.3 Å². The van der Waals surface area contributed by atoms with E-state index >= 15 is 0 Å². The van der Waals surface area contributed by atoms with Crippen LogP contribution in [0.4, 0.5) is 0 Å². The van der Waals surface area contributed by atoms with E-state index in [1.807, 2.05) is 11.0 Å². The standard InChI is InChI=1S/C18H21N3O4/c1-23-15-12-16(24-2)20-18(19-15)25-14-9-5-4-8-13(14)17(22)21-10-6-3-7-11-21/h4-5,8-9,12H,3,6-7,10-11H2,1-2H3. The van der Waals surface area contributed by atoms with Crippen molar-refractivity contribution in [1.82, 2.24) is 14.9 Å². The minimum Gasteiger partial charge on any atom is -0.481 e. The Bertz CT molecular complexity index is 723. The highest BCUT2D eigenvalue weighted by molar-refractivity contribution is 5.97. The molecule has 1 amide bonds. The Balaban J connectivity index is 1.87. The Kier molecular flexibility index (Phi) is 5.33. The van der Waals surface area contributed by atoms with Crippen molar-refractivity contribution >= 4 is 5.91 Å². The number of methoxy groups -OCH3 is 2. The van der Waals surface area contributed by atoms with Gasteiger partial charge in [-0.2, -0.15) is 9.97 Å². The van der Waals surface area contributed by atoms with Crippen LogP contribution in [0.25, 0.3) is 0 Å². The number of benzene rings is 1. The third-order valence-electron chi connectivity index (χ3n) is 4.04. The highest BCUT2D eigenvalue weighted by atomic mass is 16.5. The molecule has 1 aliphatic heterocycles. The molecule has 2 aromatic rings. The number of ether oxygens (including phenoxy) is 3. The Morgan fingerprint density at radius 2 is 1.64 bits per heavy atom. The van der Waals surface area contributed by atoms with E-state index in [0.717, 1.165) is 25.9 Å². The first kappa shape index (κ1) is 17.0. The molecule has 7 heteroatoms. The van der Waals surface area contributed by atoms with Crippen molar-refractivity contribution in [3.63, 3.8) is 0 Å². The second-order valence-corrected chi connectivity index (χ2v) is 5.69. The molecule has 0 radical (unpaired) electrons. The number of amides is 1. The van der Waals surface area contributed by atoms with Gasteiger partial charge in [-0.1, -0.05) is 12.1 Å². The minimum atomic E-state index is -0.0369. The molecule has 0 atom stereocenters. The van der Waals surface area contributed by atoms with Crippen molar-refractivity contribution < 1.29 is 19.0 Å². The second-order valence-electron chi connectivity index (χ2n) is 5.69. The Morgan fingerprint density at radius 3 is 2.28 bits per heavy atom. The van der Waals surface area contributed by atoms with Gasteiger partial charge in [0, 0.05) is 13.1 Å². The average molecular weight is 343 g/mol. The maximum absolute atomic E-state index is 12.8. The molecular formula is C18H21N3O4. The van der Waals surface area contributed by atoms with Crippen LogP contribution in [-0.4, -0.2) is 48.1 Å². The summed E-state index contributed by atoms with van der Waals surface area (Å²) in [6.07, 6.45) is 3.23.